The van der Waals surface area contributed by atoms with E-state index in [4.69, 9.17) is 0 Å². The van der Waals surface area contributed by atoms with Gasteiger partial charge in [0.1, 0.15) is 6.29 Å². The van der Waals surface area contributed by atoms with E-state index in [0.717, 1.165) is 4.90 Å². The third kappa shape index (κ3) is 3.98. The van der Waals surface area contributed by atoms with E-state index >= 15 is 0 Å². The highest BCUT2D eigenvalue weighted by atomic mass is 16.2. The molecule has 3 amide bonds. The molecule has 6 heteroatoms. The van der Waals surface area contributed by atoms with Gasteiger partial charge in [-0.15, -0.1) is 13.2 Å². The zero-order valence-corrected chi connectivity index (χ0v) is 12.3. The molecule has 0 bridgehead atoms. The summed E-state index contributed by atoms with van der Waals surface area (Å²) in [7, 11) is 1.48. The van der Waals surface area contributed by atoms with Gasteiger partial charge in [-0.05, 0) is 13.3 Å². The number of aldehydes is 1. The van der Waals surface area contributed by atoms with Gasteiger partial charge >= 0.3 is 0 Å². The molecular formula is C15H20N2O4. The van der Waals surface area contributed by atoms with Crippen LogP contribution in [-0.4, -0.2) is 42.0 Å². The number of nitrogens with one attached hydrogen (secondary N) is 1. The third-order valence-electron chi connectivity index (χ3n) is 2.97. The Morgan fingerprint density at radius 1 is 1.33 bits per heavy atom. The average Bonchev–Trinajstić information content (AvgIpc) is 2.72. The van der Waals surface area contributed by atoms with Crippen molar-refractivity contribution in [3.05, 3.63) is 37.0 Å². The lowest BCUT2D eigenvalue weighted by molar-refractivity contribution is -0.142. The second kappa shape index (κ2) is 8.63. The number of likely N-dealkylation sites (tertiary alicyclic amines) is 1. The van der Waals surface area contributed by atoms with Crippen molar-refractivity contribution in [3.63, 3.8) is 0 Å². The van der Waals surface area contributed by atoms with E-state index in [1.54, 1.807) is 6.92 Å². The first-order valence-electron chi connectivity index (χ1n) is 6.37. The molecule has 1 unspecified atom stereocenters. The Morgan fingerprint density at radius 2 is 1.90 bits per heavy atom. The third-order valence-corrected chi connectivity index (χ3v) is 2.97. The summed E-state index contributed by atoms with van der Waals surface area (Å²) >= 11 is 0. The lowest BCUT2D eigenvalue weighted by Crippen LogP contribution is -2.41. The number of allylic oxidation sites excluding steroid dienone is 1. The van der Waals surface area contributed by atoms with Gasteiger partial charge in [0.25, 0.3) is 11.8 Å². The number of hydrogen-bond donors (Lipinski definition) is 1. The first-order valence-corrected chi connectivity index (χ1v) is 6.37. The summed E-state index contributed by atoms with van der Waals surface area (Å²) in [5, 5.41) is 2.41. The second-order valence-corrected chi connectivity index (χ2v) is 4.08. The van der Waals surface area contributed by atoms with E-state index in [1.165, 1.54) is 13.1 Å². The normalized spacial score (nSPS) is 17.3. The van der Waals surface area contributed by atoms with Gasteiger partial charge in [-0.1, -0.05) is 12.7 Å². The fourth-order valence-electron chi connectivity index (χ4n) is 1.87. The summed E-state index contributed by atoms with van der Waals surface area (Å²) < 4.78 is 0. The van der Waals surface area contributed by atoms with Crippen molar-refractivity contribution in [2.45, 2.75) is 25.8 Å². The highest BCUT2D eigenvalue weighted by Crippen LogP contribution is 2.26. The maximum Gasteiger partial charge on any atom is 0.261 e. The lowest BCUT2D eigenvalue weighted by Gasteiger charge is -2.20. The molecule has 1 saturated heterocycles. The van der Waals surface area contributed by atoms with Gasteiger partial charge in [-0.2, -0.15) is 0 Å². The Bertz CT molecular complexity index is 494. The minimum absolute atomic E-state index is 0.0641. The lowest BCUT2D eigenvalue weighted by atomic mass is 10.1. The van der Waals surface area contributed by atoms with Crippen molar-refractivity contribution in [3.8, 4) is 0 Å². The van der Waals surface area contributed by atoms with Crippen molar-refractivity contribution in [1.82, 2.24) is 10.2 Å². The van der Waals surface area contributed by atoms with E-state index in [-0.39, 0.29) is 29.9 Å². The molecule has 114 valence electrons. The van der Waals surface area contributed by atoms with Crippen LogP contribution in [0, 0.1) is 0 Å². The van der Waals surface area contributed by atoms with Gasteiger partial charge in [-0.25, -0.2) is 0 Å². The van der Waals surface area contributed by atoms with Crippen LogP contribution in [0.25, 0.3) is 0 Å². The minimum Gasteiger partial charge on any atom is -0.359 e. The Kier molecular flexibility index (Phi) is 7.60. The number of rotatable bonds is 5. The Balaban J connectivity index is 0.00000191. The number of imide groups is 1. The molecule has 0 aliphatic carbocycles. The zero-order chi connectivity index (χ0) is 16.6. The fourth-order valence-corrected chi connectivity index (χ4v) is 1.87. The molecule has 1 fully saturated rings. The number of carbonyl (C=O) groups excluding carboxylic acids is 4. The van der Waals surface area contributed by atoms with E-state index in [9.17, 15) is 19.2 Å². The molecule has 0 radical (unpaired) electrons. The molecule has 1 N–H and O–H groups in total. The molecule has 6 nitrogen and oxygen atoms in total. The summed E-state index contributed by atoms with van der Waals surface area (Å²) in [6.45, 7) is 11.2. The highest BCUT2D eigenvalue weighted by Gasteiger charge is 2.41. The largest absolute Gasteiger partial charge is 0.359 e. The molecular weight excluding hydrogens is 272 g/mol. The standard InChI is InChI=1S/C13H16N2O4.C2H4/c1-4-10-8(2)12(18)15(13(10)19)9(7-16)5-6-11(17)14-3;1-2/h4,7,9H,2,5-6H2,1,3H3,(H,14,17);1-2H2/b10-4+;. The van der Waals surface area contributed by atoms with E-state index in [1.807, 2.05) is 0 Å². The van der Waals surface area contributed by atoms with E-state index in [0.29, 0.717) is 6.29 Å². The van der Waals surface area contributed by atoms with Crippen LogP contribution in [-0.2, 0) is 19.2 Å². The molecule has 0 aromatic rings. The molecule has 1 aliphatic heterocycles. The van der Waals surface area contributed by atoms with Gasteiger partial charge < -0.3 is 10.1 Å². The van der Waals surface area contributed by atoms with Gasteiger partial charge in [-0.3, -0.25) is 19.3 Å². The van der Waals surface area contributed by atoms with Gasteiger partial charge in [0, 0.05) is 24.6 Å². The number of nitrogens with zero attached hydrogens (tertiary/aromatic N) is 1. The molecule has 1 atom stereocenters. The van der Waals surface area contributed by atoms with Crippen LogP contribution in [0.5, 0.6) is 0 Å². The van der Waals surface area contributed by atoms with E-state index < -0.39 is 17.9 Å². The van der Waals surface area contributed by atoms with Gasteiger partial charge in [0.15, 0.2) is 0 Å². The van der Waals surface area contributed by atoms with Crippen LogP contribution in [0.15, 0.2) is 37.0 Å². The van der Waals surface area contributed by atoms with Crippen molar-refractivity contribution >= 4 is 24.0 Å². The van der Waals surface area contributed by atoms with Crippen molar-refractivity contribution in [1.29, 1.82) is 0 Å². The van der Waals surface area contributed by atoms with Crippen molar-refractivity contribution in [2.75, 3.05) is 7.05 Å². The van der Waals surface area contributed by atoms with Crippen LogP contribution in [0.4, 0.5) is 0 Å². The predicted octanol–water partition coefficient (Wildman–Crippen LogP) is 0.754. The summed E-state index contributed by atoms with van der Waals surface area (Å²) in [6.07, 6.45) is 2.16. The van der Waals surface area contributed by atoms with Crippen LogP contribution < -0.4 is 5.32 Å². The van der Waals surface area contributed by atoms with Gasteiger partial charge in [0.2, 0.25) is 5.91 Å². The number of hydrogen-bond acceptors (Lipinski definition) is 4. The molecule has 1 heterocycles. The van der Waals surface area contributed by atoms with Gasteiger partial charge in [0.05, 0.1) is 6.04 Å². The number of carbonyl (C=O) groups is 4. The first-order chi connectivity index (χ1) is 9.97. The first kappa shape index (κ1) is 18.5. The molecule has 1 aliphatic rings. The molecule has 0 saturated carbocycles. The van der Waals surface area contributed by atoms with Crippen LogP contribution in [0.2, 0.25) is 0 Å². The quantitative estimate of drug-likeness (QED) is 0.351. The second-order valence-electron chi connectivity index (χ2n) is 4.08. The monoisotopic (exact) mass is 292 g/mol. The van der Waals surface area contributed by atoms with Crippen molar-refractivity contribution in [2.24, 2.45) is 0 Å². The zero-order valence-electron chi connectivity index (χ0n) is 12.3. The Labute approximate surface area is 124 Å². The van der Waals surface area contributed by atoms with Crippen LogP contribution in [0.3, 0.4) is 0 Å². The van der Waals surface area contributed by atoms with Crippen LogP contribution in [0.1, 0.15) is 19.8 Å². The predicted molar refractivity (Wildman–Crippen MR) is 79.2 cm³/mol. The highest BCUT2D eigenvalue weighted by molar-refractivity contribution is 6.25. The van der Waals surface area contributed by atoms with Crippen molar-refractivity contribution < 1.29 is 19.2 Å². The summed E-state index contributed by atoms with van der Waals surface area (Å²) in [6, 6.07) is -0.938. The number of amides is 3. The minimum atomic E-state index is -0.938. The maximum atomic E-state index is 12.0. The maximum absolute atomic E-state index is 12.0. The topological polar surface area (TPSA) is 83.6 Å². The summed E-state index contributed by atoms with van der Waals surface area (Å²) in [4.78, 5) is 47.0. The summed E-state index contributed by atoms with van der Waals surface area (Å²) in [5.41, 5.74) is 0.288. The SMILES string of the molecule is C=C.C=C1C(=O)N(C(C=O)CCC(=O)NC)C(=O)/C1=C/C. The summed E-state index contributed by atoms with van der Waals surface area (Å²) in [5.74, 6) is -1.37. The smallest absolute Gasteiger partial charge is 0.261 e. The molecule has 0 aromatic heterocycles. The molecule has 1 rings (SSSR count). The van der Waals surface area contributed by atoms with Crippen LogP contribution >= 0.6 is 0 Å². The fraction of sp³-hybridized carbons (Fsp3) is 0.333. The Morgan fingerprint density at radius 3 is 2.29 bits per heavy atom. The Hall–Kier alpha value is -2.50. The molecule has 21 heavy (non-hydrogen) atoms. The molecule has 0 spiro atoms. The average molecular weight is 292 g/mol. The molecule has 0 aromatic carbocycles. The van der Waals surface area contributed by atoms with E-state index in [2.05, 4.69) is 25.1 Å².